The van der Waals surface area contributed by atoms with E-state index in [-0.39, 0.29) is 11.6 Å². The maximum absolute atomic E-state index is 11.1. The summed E-state index contributed by atoms with van der Waals surface area (Å²) in [6.45, 7) is 1.86. The standard InChI is InChI=1S/C7H10N2O3S/c1-6-2-8-9(3-6)5-13(12)4-7(10)11/h2-3H,4-5H2,1H3,(H,10,11). The van der Waals surface area contributed by atoms with Crippen LogP contribution >= 0.6 is 0 Å². The molecule has 1 unspecified atom stereocenters. The number of hydrogen-bond donors (Lipinski definition) is 1. The molecule has 0 saturated heterocycles. The third kappa shape index (κ3) is 3.37. The van der Waals surface area contributed by atoms with Crippen LogP contribution in [0.4, 0.5) is 0 Å². The van der Waals surface area contributed by atoms with E-state index in [1.54, 1.807) is 12.4 Å². The van der Waals surface area contributed by atoms with E-state index in [2.05, 4.69) is 5.10 Å². The lowest BCUT2D eigenvalue weighted by Crippen LogP contribution is -2.14. The van der Waals surface area contributed by atoms with Gasteiger partial charge in [0, 0.05) is 6.20 Å². The van der Waals surface area contributed by atoms with E-state index in [0.717, 1.165) is 5.56 Å². The monoisotopic (exact) mass is 202 g/mol. The first kappa shape index (κ1) is 9.91. The molecular formula is C7H10N2O3S. The molecule has 1 aromatic heterocycles. The summed E-state index contributed by atoms with van der Waals surface area (Å²) in [7, 11) is -1.39. The molecule has 0 radical (unpaired) electrons. The molecule has 1 atom stereocenters. The van der Waals surface area contributed by atoms with Crippen molar-refractivity contribution in [3.63, 3.8) is 0 Å². The first-order valence-electron chi connectivity index (χ1n) is 3.64. The van der Waals surface area contributed by atoms with Crippen molar-refractivity contribution in [2.24, 2.45) is 0 Å². The number of aliphatic carboxylic acids is 1. The molecule has 5 nitrogen and oxygen atoms in total. The fraction of sp³-hybridized carbons (Fsp3) is 0.429. The number of carboxylic acid groups (broad SMARTS) is 1. The second kappa shape index (κ2) is 4.18. The molecule has 0 aliphatic rings. The molecule has 1 N–H and O–H groups in total. The highest BCUT2D eigenvalue weighted by atomic mass is 32.2. The van der Waals surface area contributed by atoms with Crippen molar-refractivity contribution < 1.29 is 14.1 Å². The summed E-state index contributed by atoms with van der Waals surface area (Å²) in [5.74, 6) is -1.25. The molecule has 1 aromatic rings. The van der Waals surface area contributed by atoms with Crippen molar-refractivity contribution in [2.45, 2.75) is 12.8 Å². The summed E-state index contributed by atoms with van der Waals surface area (Å²) in [5, 5.41) is 12.2. The predicted octanol–water partition coefficient (Wildman–Crippen LogP) is -0.0177. The van der Waals surface area contributed by atoms with Gasteiger partial charge in [0.1, 0.15) is 11.6 Å². The Bertz CT molecular complexity index is 334. The smallest absolute Gasteiger partial charge is 0.316 e. The topological polar surface area (TPSA) is 72.2 Å². The van der Waals surface area contributed by atoms with E-state index in [4.69, 9.17) is 5.11 Å². The van der Waals surface area contributed by atoms with E-state index in [9.17, 15) is 9.00 Å². The molecule has 1 heterocycles. The van der Waals surface area contributed by atoms with Gasteiger partial charge >= 0.3 is 5.97 Å². The van der Waals surface area contributed by atoms with Gasteiger partial charge in [-0.2, -0.15) is 5.10 Å². The maximum Gasteiger partial charge on any atom is 0.316 e. The van der Waals surface area contributed by atoms with Crippen molar-refractivity contribution >= 4 is 16.8 Å². The van der Waals surface area contributed by atoms with Gasteiger partial charge in [-0.3, -0.25) is 13.7 Å². The third-order valence-electron chi connectivity index (χ3n) is 1.32. The van der Waals surface area contributed by atoms with Crippen molar-refractivity contribution in [3.05, 3.63) is 18.0 Å². The predicted molar refractivity (Wildman–Crippen MR) is 47.6 cm³/mol. The minimum absolute atomic E-state index is 0.139. The molecule has 0 amide bonds. The van der Waals surface area contributed by atoms with Gasteiger partial charge in [-0.15, -0.1) is 0 Å². The number of carboxylic acids is 1. The first-order chi connectivity index (χ1) is 6.08. The van der Waals surface area contributed by atoms with Crippen LogP contribution in [-0.4, -0.2) is 30.8 Å². The Morgan fingerprint density at radius 3 is 2.92 bits per heavy atom. The van der Waals surface area contributed by atoms with Crippen LogP contribution in [0.25, 0.3) is 0 Å². The second-order valence-electron chi connectivity index (χ2n) is 2.66. The number of carbonyl (C=O) groups is 1. The fourth-order valence-corrected chi connectivity index (χ4v) is 1.67. The van der Waals surface area contributed by atoms with E-state index >= 15 is 0 Å². The normalized spacial score (nSPS) is 12.7. The van der Waals surface area contributed by atoms with Gasteiger partial charge in [0.25, 0.3) is 0 Å². The third-order valence-corrected chi connectivity index (χ3v) is 2.44. The Labute approximate surface area is 77.8 Å². The average molecular weight is 202 g/mol. The maximum atomic E-state index is 11.1. The summed E-state index contributed by atoms with van der Waals surface area (Å²) >= 11 is 0. The minimum atomic E-state index is -1.39. The van der Waals surface area contributed by atoms with Crippen LogP contribution in [0.3, 0.4) is 0 Å². The zero-order chi connectivity index (χ0) is 9.84. The van der Waals surface area contributed by atoms with Gasteiger partial charge in [0.2, 0.25) is 0 Å². The molecule has 0 saturated carbocycles. The summed E-state index contributed by atoms with van der Waals surface area (Å²) < 4.78 is 12.6. The number of hydrogen-bond acceptors (Lipinski definition) is 3. The Kier molecular flexibility index (Phi) is 3.18. The number of rotatable bonds is 4. The fourth-order valence-electron chi connectivity index (χ4n) is 0.868. The summed E-state index contributed by atoms with van der Waals surface area (Å²) in [6, 6.07) is 0. The van der Waals surface area contributed by atoms with Crippen molar-refractivity contribution in [2.75, 3.05) is 5.75 Å². The molecule has 0 aliphatic carbocycles. The largest absolute Gasteiger partial charge is 0.481 e. The molecule has 0 fully saturated rings. The van der Waals surface area contributed by atoms with E-state index in [0.29, 0.717) is 0 Å². The van der Waals surface area contributed by atoms with Gasteiger partial charge in [0.15, 0.2) is 0 Å². The van der Waals surface area contributed by atoms with Gasteiger partial charge in [-0.05, 0) is 12.5 Å². The Hall–Kier alpha value is -1.17. The molecular weight excluding hydrogens is 192 g/mol. The van der Waals surface area contributed by atoms with Gasteiger partial charge in [-0.25, -0.2) is 0 Å². The number of aryl methyl sites for hydroxylation is 1. The zero-order valence-corrected chi connectivity index (χ0v) is 7.95. The Balaban J connectivity index is 2.50. The Morgan fingerprint density at radius 2 is 2.46 bits per heavy atom. The molecule has 0 aliphatic heterocycles. The lowest BCUT2D eigenvalue weighted by molar-refractivity contribution is -0.133. The zero-order valence-electron chi connectivity index (χ0n) is 7.14. The van der Waals surface area contributed by atoms with Crippen LogP contribution in [0.2, 0.25) is 0 Å². The summed E-state index contributed by atoms with van der Waals surface area (Å²) in [5.41, 5.74) is 0.965. The number of aromatic nitrogens is 2. The van der Waals surface area contributed by atoms with Gasteiger partial charge in [-0.1, -0.05) is 0 Å². The molecule has 13 heavy (non-hydrogen) atoms. The average Bonchev–Trinajstić information content (AvgIpc) is 2.33. The van der Waals surface area contributed by atoms with E-state index in [1.165, 1.54) is 4.68 Å². The summed E-state index contributed by atoms with van der Waals surface area (Å²) in [6.07, 6.45) is 3.36. The molecule has 1 rings (SSSR count). The van der Waals surface area contributed by atoms with Crippen LogP contribution in [0.5, 0.6) is 0 Å². The molecule has 0 bridgehead atoms. The van der Waals surface area contributed by atoms with Crippen LogP contribution in [0, 0.1) is 6.92 Å². The molecule has 0 aromatic carbocycles. The first-order valence-corrected chi connectivity index (χ1v) is 5.12. The second-order valence-corrected chi connectivity index (χ2v) is 4.09. The van der Waals surface area contributed by atoms with Crippen LogP contribution in [-0.2, 0) is 21.5 Å². The van der Waals surface area contributed by atoms with Gasteiger partial charge in [0.05, 0.1) is 17.0 Å². The quantitative estimate of drug-likeness (QED) is 0.745. The highest BCUT2D eigenvalue weighted by Gasteiger charge is 2.06. The van der Waals surface area contributed by atoms with E-state index in [1.807, 2.05) is 6.92 Å². The summed E-state index contributed by atoms with van der Waals surface area (Å²) in [4.78, 5) is 10.2. The van der Waals surface area contributed by atoms with Crippen LogP contribution in [0.15, 0.2) is 12.4 Å². The highest BCUT2D eigenvalue weighted by Crippen LogP contribution is 1.96. The SMILES string of the molecule is Cc1cnn(CS(=O)CC(=O)O)c1. The highest BCUT2D eigenvalue weighted by molar-refractivity contribution is 7.84. The molecule has 6 heteroatoms. The molecule has 72 valence electrons. The lowest BCUT2D eigenvalue weighted by Gasteiger charge is -1.98. The van der Waals surface area contributed by atoms with Gasteiger partial charge < -0.3 is 5.11 Å². The van der Waals surface area contributed by atoms with Crippen molar-refractivity contribution in [3.8, 4) is 0 Å². The van der Waals surface area contributed by atoms with Crippen LogP contribution in [0.1, 0.15) is 5.56 Å². The van der Waals surface area contributed by atoms with Crippen molar-refractivity contribution in [1.29, 1.82) is 0 Å². The van der Waals surface area contributed by atoms with Crippen LogP contribution < -0.4 is 0 Å². The Morgan fingerprint density at radius 1 is 1.77 bits per heavy atom. The number of nitrogens with zero attached hydrogens (tertiary/aromatic N) is 2. The lowest BCUT2D eigenvalue weighted by atomic mass is 10.4. The van der Waals surface area contributed by atoms with Crippen molar-refractivity contribution in [1.82, 2.24) is 9.78 Å². The molecule has 0 spiro atoms. The minimum Gasteiger partial charge on any atom is -0.481 e. The van der Waals surface area contributed by atoms with E-state index < -0.39 is 16.8 Å².